The van der Waals surface area contributed by atoms with Gasteiger partial charge in [0.15, 0.2) is 0 Å². The molecule has 1 aromatic heterocycles. The minimum absolute atomic E-state index is 0.183. The molecule has 2 N–H and O–H groups in total. The van der Waals surface area contributed by atoms with E-state index in [9.17, 15) is 4.79 Å². The summed E-state index contributed by atoms with van der Waals surface area (Å²) < 4.78 is 0. The summed E-state index contributed by atoms with van der Waals surface area (Å²) in [6.45, 7) is 4.34. The summed E-state index contributed by atoms with van der Waals surface area (Å²) in [5, 5.41) is 5.29. The van der Waals surface area contributed by atoms with Gasteiger partial charge in [-0.15, -0.1) is 0 Å². The SMILES string of the molecule is CC(C)c1ccc(/C=N\NC(=O)c2ccc3[nH]c4c(c3c2)CCCC4)cc1. The van der Waals surface area contributed by atoms with E-state index >= 15 is 0 Å². The van der Waals surface area contributed by atoms with Gasteiger partial charge in [-0.05, 0) is 66.5 Å². The zero-order chi connectivity index (χ0) is 18.8. The molecule has 3 aromatic rings. The van der Waals surface area contributed by atoms with Crippen LogP contribution in [0.4, 0.5) is 0 Å². The molecule has 0 spiro atoms. The number of nitrogens with one attached hydrogen (secondary N) is 2. The Labute approximate surface area is 159 Å². The van der Waals surface area contributed by atoms with Crippen molar-refractivity contribution in [3.8, 4) is 0 Å². The van der Waals surface area contributed by atoms with E-state index in [-0.39, 0.29) is 5.91 Å². The molecule has 0 saturated heterocycles. The van der Waals surface area contributed by atoms with Crippen molar-refractivity contribution < 1.29 is 4.79 Å². The molecule has 4 heteroatoms. The first kappa shape index (κ1) is 17.5. The molecule has 0 atom stereocenters. The lowest BCUT2D eigenvalue weighted by atomic mass is 9.95. The van der Waals surface area contributed by atoms with E-state index in [0.29, 0.717) is 11.5 Å². The molecule has 0 aliphatic heterocycles. The molecular formula is C23H25N3O. The summed E-state index contributed by atoms with van der Waals surface area (Å²) in [6, 6.07) is 14.1. The third-order valence-electron chi connectivity index (χ3n) is 5.34. The fourth-order valence-corrected chi connectivity index (χ4v) is 3.74. The van der Waals surface area contributed by atoms with Crippen LogP contribution >= 0.6 is 0 Å². The molecule has 138 valence electrons. The van der Waals surface area contributed by atoms with E-state index in [1.165, 1.54) is 35.0 Å². The topological polar surface area (TPSA) is 57.2 Å². The van der Waals surface area contributed by atoms with Crippen LogP contribution in [0.15, 0.2) is 47.6 Å². The second-order valence-corrected chi connectivity index (χ2v) is 7.57. The zero-order valence-corrected chi connectivity index (χ0v) is 15.9. The van der Waals surface area contributed by atoms with Crippen molar-refractivity contribution in [2.75, 3.05) is 0 Å². The number of fused-ring (bicyclic) bond motifs is 3. The maximum absolute atomic E-state index is 12.5. The van der Waals surface area contributed by atoms with Gasteiger partial charge in [0.2, 0.25) is 0 Å². The molecule has 1 amide bonds. The highest BCUT2D eigenvalue weighted by atomic mass is 16.2. The molecule has 0 bridgehead atoms. The van der Waals surface area contributed by atoms with E-state index in [2.05, 4.69) is 41.5 Å². The molecule has 4 nitrogen and oxygen atoms in total. The van der Waals surface area contributed by atoms with Crippen molar-refractivity contribution in [1.29, 1.82) is 0 Å². The molecular weight excluding hydrogens is 334 g/mol. The molecule has 4 rings (SSSR count). The standard InChI is InChI=1S/C23H25N3O/c1-15(2)17-9-7-16(8-10-17)14-24-26-23(27)18-11-12-22-20(13-18)19-5-3-4-6-21(19)25-22/h7-15,25H,3-6H2,1-2H3,(H,26,27)/b24-14-. The number of benzene rings is 2. The Morgan fingerprint density at radius 2 is 1.89 bits per heavy atom. The van der Waals surface area contributed by atoms with Crippen LogP contribution in [0.25, 0.3) is 10.9 Å². The van der Waals surface area contributed by atoms with E-state index in [4.69, 9.17) is 0 Å². The Morgan fingerprint density at radius 1 is 1.11 bits per heavy atom. The first-order valence-electron chi connectivity index (χ1n) is 9.68. The van der Waals surface area contributed by atoms with Gasteiger partial charge in [0.1, 0.15) is 0 Å². The molecule has 1 aliphatic carbocycles. The Hall–Kier alpha value is -2.88. The van der Waals surface area contributed by atoms with Gasteiger partial charge in [0.25, 0.3) is 5.91 Å². The third-order valence-corrected chi connectivity index (χ3v) is 5.34. The summed E-state index contributed by atoms with van der Waals surface area (Å²) in [5.41, 5.74) is 9.36. The Balaban J connectivity index is 1.47. The number of hydrogen-bond donors (Lipinski definition) is 2. The van der Waals surface area contributed by atoms with Gasteiger partial charge >= 0.3 is 0 Å². The molecule has 2 aromatic carbocycles. The number of amides is 1. The fourth-order valence-electron chi connectivity index (χ4n) is 3.74. The van der Waals surface area contributed by atoms with Crippen LogP contribution in [0, 0.1) is 0 Å². The Bertz CT molecular complexity index is 996. The van der Waals surface area contributed by atoms with Crippen LogP contribution in [0.1, 0.15) is 65.3 Å². The molecule has 0 radical (unpaired) electrons. The maximum Gasteiger partial charge on any atom is 0.271 e. The second-order valence-electron chi connectivity index (χ2n) is 7.57. The van der Waals surface area contributed by atoms with E-state index in [0.717, 1.165) is 23.9 Å². The van der Waals surface area contributed by atoms with Crippen LogP contribution < -0.4 is 5.43 Å². The van der Waals surface area contributed by atoms with Crippen LogP contribution in [0.5, 0.6) is 0 Å². The number of carbonyl (C=O) groups is 1. The highest BCUT2D eigenvalue weighted by Crippen LogP contribution is 2.29. The van der Waals surface area contributed by atoms with E-state index in [1.54, 1.807) is 6.21 Å². The van der Waals surface area contributed by atoms with Gasteiger partial charge in [0, 0.05) is 22.2 Å². The Kier molecular flexibility index (Phi) is 4.80. The van der Waals surface area contributed by atoms with Crippen LogP contribution in [-0.4, -0.2) is 17.1 Å². The lowest BCUT2D eigenvalue weighted by molar-refractivity contribution is 0.0955. The lowest BCUT2D eigenvalue weighted by Gasteiger charge is -2.10. The van der Waals surface area contributed by atoms with Crippen LogP contribution in [0.3, 0.4) is 0 Å². The fraction of sp³-hybridized carbons (Fsp3) is 0.304. The number of rotatable bonds is 4. The summed E-state index contributed by atoms with van der Waals surface area (Å²) in [7, 11) is 0. The predicted molar refractivity (Wildman–Crippen MR) is 111 cm³/mol. The van der Waals surface area contributed by atoms with Crippen molar-refractivity contribution >= 4 is 23.0 Å². The van der Waals surface area contributed by atoms with Crippen LogP contribution in [0.2, 0.25) is 0 Å². The molecule has 1 heterocycles. The van der Waals surface area contributed by atoms with Crippen molar-refractivity contribution in [3.63, 3.8) is 0 Å². The van der Waals surface area contributed by atoms with Gasteiger partial charge < -0.3 is 4.98 Å². The number of aromatic amines is 1. The van der Waals surface area contributed by atoms with Crippen LogP contribution in [-0.2, 0) is 12.8 Å². The number of aromatic nitrogens is 1. The van der Waals surface area contributed by atoms with Crippen molar-refractivity contribution in [2.45, 2.75) is 45.4 Å². The first-order valence-corrected chi connectivity index (χ1v) is 9.68. The first-order chi connectivity index (χ1) is 13.1. The van der Waals surface area contributed by atoms with Gasteiger partial charge in [-0.3, -0.25) is 4.79 Å². The predicted octanol–water partition coefficient (Wildman–Crippen LogP) is 4.93. The summed E-state index contributed by atoms with van der Waals surface area (Å²) >= 11 is 0. The molecule has 0 saturated carbocycles. The van der Waals surface area contributed by atoms with Crippen molar-refractivity contribution in [2.24, 2.45) is 5.10 Å². The van der Waals surface area contributed by atoms with Gasteiger partial charge in [-0.1, -0.05) is 38.1 Å². The van der Waals surface area contributed by atoms with Crippen molar-refractivity contribution in [3.05, 3.63) is 70.4 Å². The minimum Gasteiger partial charge on any atom is -0.358 e. The average molecular weight is 359 g/mol. The van der Waals surface area contributed by atoms with E-state index < -0.39 is 0 Å². The number of nitrogens with zero attached hydrogens (tertiary/aromatic N) is 1. The zero-order valence-electron chi connectivity index (χ0n) is 15.9. The van der Waals surface area contributed by atoms with E-state index in [1.807, 2.05) is 30.3 Å². The third kappa shape index (κ3) is 3.65. The van der Waals surface area contributed by atoms with Crippen molar-refractivity contribution in [1.82, 2.24) is 10.4 Å². The smallest absolute Gasteiger partial charge is 0.271 e. The molecule has 0 unspecified atom stereocenters. The lowest BCUT2D eigenvalue weighted by Crippen LogP contribution is -2.17. The molecule has 0 fully saturated rings. The number of carbonyl (C=O) groups excluding carboxylic acids is 1. The minimum atomic E-state index is -0.183. The molecule has 27 heavy (non-hydrogen) atoms. The largest absolute Gasteiger partial charge is 0.358 e. The van der Waals surface area contributed by atoms with Gasteiger partial charge in [-0.25, -0.2) is 5.43 Å². The molecule has 1 aliphatic rings. The summed E-state index contributed by atoms with van der Waals surface area (Å²) in [5.74, 6) is 0.322. The number of hydrogen-bond acceptors (Lipinski definition) is 2. The maximum atomic E-state index is 12.5. The monoisotopic (exact) mass is 359 g/mol. The average Bonchev–Trinajstić information content (AvgIpc) is 3.06. The normalized spacial score (nSPS) is 14.0. The number of H-pyrrole nitrogens is 1. The van der Waals surface area contributed by atoms with Gasteiger partial charge in [-0.2, -0.15) is 5.10 Å². The number of aryl methyl sites for hydroxylation is 2. The quantitative estimate of drug-likeness (QED) is 0.503. The summed E-state index contributed by atoms with van der Waals surface area (Å²) in [6.07, 6.45) is 6.32. The number of hydrazone groups is 1. The highest BCUT2D eigenvalue weighted by Gasteiger charge is 2.16. The Morgan fingerprint density at radius 3 is 2.67 bits per heavy atom. The van der Waals surface area contributed by atoms with Gasteiger partial charge in [0.05, 0.1) is 6.21 Å². The summed E-state index contributed by atoms with van der Waals surface area (Å²) in [4.78, 5) is 16.0. The highest BCUT2D eigenvalue weighted by molar-refractivity contribution is 5.99. The second kappa shape index (κ2) is 7.39.